The van der Waals surface area contributed by atoms with Gasteiger partial charge < -0.3 is 15.0 Å². The molecule has 2 N–H and O–H groups in total. The van der Waals surface area contributed by atoms with E-state index in [2.05, 4.69) is 0 Å². The van der Waals surface area contributed by atoms with Gasteiger partial charge in [-0.25, -0.2) is 0 Å². The highest BCUT2D eigenvalue weighted by Crippen LogP contribution is 2.27. The molecule has 0 aliphatic carbocycles. The van der Waals surface area contributed by atoms with Gasteiger partial charge in [0.25, 0.3) is 11.6 Å². The number of primary amides is 1. The molecular weight excluding hydrogens is 310 g/mol. The van der Waals surface area contributed by atoms with Crippen molar-refractivity contribution in [2.75, 3.05) is 6.61 Å². The van der Waals surface area contributed by atoms with Gasteiger partial charge in [-0.15, -0.1) is 0 Å². The Hall–Kier alpha value is -3.35. The predicted molar refractivity (Wildman–Crippen MR) is 88.8 cm³/mol. The lowest BCUT2D eigenvalue weighted by atomic mass is 10.2. The van der Waals surface area contributed by atoms with E-state index in [1.54, 1.807) is 18.2 Å². The van der Waals surface area contributed by atoms with Gasteiger partial charge in [0, 0.05) is 18.8 Å². The lowest BCUT2D eigenvalue weighted by molar-refractivity contribution is -0.383. The molecule has 0 aliphatic rings. The molecule has 3 rings (SSSR count). The molecule has 1 heterocycles. The zero-order chi connectivity index (χ0) is 17.1. The summed E-state index contributed by atoms with van der Waals surface area (Å²) in [5, 5.41) is 11.7. The van der Waals surface area contributed by atoms with Crippen molar-refractivity contribution >= 4 is 22.5 Å². The number of carbonyl (C=O) groups is 1. The highest BCUT2D eigenvalue weighted by molar-refractivity contribution is 5.89. The first-order valence-corrected chi connectivity index (χ1v) is 7.27. The summed E-state index contributed by atoms with van der Waals surface area (Å²) < 4.78 is 7.22. The van der Waals surface area contributed by atoms with Crippen molar-refractivity contribution in [3.63, 3.8) is 0 Å². The Morgan fingerprint density at radius 1 is 1.21 bits per heavy atom. The minimum Gasteiger partial charge on any atom is -0.484 e. The van der Waals surface area contributed by atoms with E-state index in [0.29, 0.717) is 17.7 Å². The Labute approximate surface area is 137 Å². The summed E-state index contributed by atoms with van der Waals surface area (Å²) in [5.41, 5.74) is 6.88. The Morgan fingerprint density at radius 3 is 2.75 bits per heavy atom. The zero-order valence-corrected chi connectivity index (χ0v) is 12.7. The molecule has 2 aromatic carbocycles. The molecule has 0 fully saturated rings. The largest absolute Gasteiger partial charge is 0.484 e. The first-order chi connectivity index (χ1) is 11.5. The van der Waals surface area contributed by atoms with Crippen LogP contribution in [0, 0.1) is 10.1 Å². The van der Waals surface area contributed by atoms with Gasteiger partial charge in [-0.2, -0.15) is 0 Å². The predicted octanol–water partition coefficient (Wildman–Crippen LogP) is 2.46. The molecule has 3 aromatic rings. The van der Waals surface area contributed by atoms with Crippen LogP contribution in [0.4, 0.5) is 5.69 Å². The topological polar surface area (TPSA) is 100 Å². The third-order valence-corrected chi connectivity index (χ3v) is 3.62. The number of non-ortho nitro benzene ring substituents is 1. The third-order valence-electron chi connectivity index (χ3n) is 3.62. The number of nitro groups is 1. The molecule has 0 spiro atoms. The van der Waals surface area contributed by atoms with E-state index >= 15 is 0 Å². The number of carbonyl (C=O) groups excluding carboxylic acids is 1. The number of nitrogens with zero attached hydrogens (tertiary/aromatic N) is 2. The average molecular weight is 325 g/mol. The molecule has 0 atom stereocenters. The summed E-state index contributed by atoms with van der Waals surface area (Å²) in [6, 6.07) is 14.0. The molecule has 0 saturated carbocycles. The summed E-state index contributed by atoms with van der Waals surface area (Å²) in [5.74, 6) is 0.0119. The lowest BCUT2D eigenvalue weighted by Crippen LogP contribution is -2.20. The van der Waals surface area contributed by atoms with Crippen molar-refractivity contribution in [3.8, 4) is 5.75 Å². The van der Waals surface area contributed by atoms with Crippen molar-refractivity contribution in [2.45, 2.75) is 6.54 Å². The van der Waals surface area contributed by atoms with Crippen LogP contribution in [0.3, 0.4) is 0 Å². The fraction of sp³-hybridized carbons (Fsp3) is 0.118. The second-order valence-corrected chi connectivity index (χ2v) is 5.31. The number of rotatable bonds is 6. The van der Waals surface area contributed by atoms with Gasteiger partial charge in [0.1, 0.15) is 5.75 Å². The van der Waals surface area contributed by atoms with Crippen molar-refractivity contribution in [1.82, 2.24) is 4.57 Å². The maximum Gasteiger partial charge on any atom is 0.278 e. The van der Waals surface area contributed by atoms with Crippen LogP contribution in [0.15, 0.2) is 54.7 Å². The van der Waals surface area contributed by atoms with E-state index in [9.17, 15) is 14.9 Å². The van der Waals surface area contributed by atoms with Gasteiger partial charge in [0.05, 0.1) is 15.8 Å². The van der Waals surface area contributed by atoms with E-state index in [0.717, 1.165) is 11.1 Å². The maximum absolute atomic E-state index is 11.1. The molecule has 122 valence electrons. The summed E-state index contributed by atoms with van der Waals surface area (Å²) in [7, 11) is 0. The molecule has 0 unspecified atom stereocenters. The number of nitro benzene ring substituents is 1. The smallest absolute Gasteiger partial charge is 0.278 e. The van der Waals surface area contributed by atoms with Crippen molar-refractivity contribution in [2.24, 2.45) is 5.73 Å². The van der Waals surface area contributed by atoms with Crippen LogP contribution in [0.2, 0.25) is 0 Å². The van der Waals surface area contributed by atoms with Gasteiger partial charge in [-0.1, -0.05) is 18.2 Å². The maximum atomic E-state index is 11.1. The average Bonchev–Trinajstić information content (AvgIpc) is 2.96. The molecule has 0 bridgehead atoms. The van der Waals surface area contributed by atoms with Crippen LogP contribution < -0.4 is 10.5 Å². The van der Waals surface area contributed by atoms with Crippen LogP contribution in [-0.2, 0) is 11.3 Å². The first kappa shape index (κ1) is 15.5. The molecule has 7 heteroatoms. The van der Waals surface area contributed by atoms with Gasteiger partial charge in [0.15, 0.2) is 6.61 Å². The van der Waals surface area contributed by atoms with Crippen molar-refractivity contribution < 1.29 is 14.5 Å². The van der Waals surface area contributed by atoms with Crippen LogP contribution in [0.1, 0.15) is 5.56 Å². The molecule has 1 aromatic heterocycles. The molecule has 1 amide bonds. The van der Waals surface area contributed by atoms with Gasteiger partial charge in [-0.3, -0.25) is 14.9 Å². The quantitative estimate of drug-likeness (QED) is 0.555. The normalized spacial score (nSPS) is 10.7. The van der Waals surface area contributed by atoms with E-state index in [4.69, 9.17) is 10.5 Å². The van der Waals surface area contributed by atoms with E-state index in [1.807, 2.05) is 35.0 Å². The number of aromatic nitrogens is 1. The highest BCUT2D eigenvalue weighted by Gasteiger charge is 2.13. The lowest BCUT2D eigenvalue weighted by Gasteiger charge is -2.08. The number of benzene rings is 2. The fourth-order valence-electron chi connectivity index (χ4n) is 2.59. The molecule has 0 radical (unpaired) electrons. The molecular formula is C17H15N3O4. The number of ether oxygens (including phenoxy) is 1. The van der Waals surface area contributed by atoms with E-state index in [1.165, 1.54) is 6.07 Å². The number of hydrogen-bond acceptors (Lipinski definition) is 4. The number of fused-ring (bicyclic) bond motifs is 1. The Morgan fingerprint density at radius 2 is 2.00 bits per heavy atom. The SMILES string of the molecule is NC(=O)COc1cccc(Cn2ccc3c([N+](=O)[O-])cccc32)c1. The van der Waals surface area contributed by atoms with E-state index < -0.39 is 5.91 Å². The third kappa shape index (κ3) is 3.19. The van der Waals surface area contributed by atoms with E-state index in [-0.39, 0.29) is 17.2 Å². The minimum absolute atomic E-state index is 0.0878. The number of hydrogen-bond donors (Lipinski definition) is 1. The minimum atomic E-state index is -0.538. The number of amides is 1. The van der Waals surface area contributed by atoms with Crippen LogP contribution in [0.5, 0.6) is 5.75 Å². The summed E-state index contributed by atoms with van der Waals surface area (Å²) in [4.78, 5) is 21.5. The van der Waals surface area contributed by atoms with Gasteiger partial charge in [0.2, 0.25) is 0 Å². The highest BCUT2D eigenvalue weighted by atomic mass is 16.6. The standard InChI is InChI=1S/C17H15N3O4/c18-17(21)11-24-13-4-1-3-12(9-13)10-19-8-7-14-15(19)5-2-6-16(14)20(22)23/h1-9H,10-11H2,(H2,18,21). The summed E-state index contributed by atoms with van der Waals surface area (Å²) in [6.45, 7) is 0.348. The Kier molecular flexibility index (Phi) is 4.15. The zero-order valence-electron chi connectivity index (χ0n) is 12.7. The Bertz CT molecular complexity index is 917. The van der Waals surface area contributed by atoms with Crippen LogP contribution in [0.25, 0.3) is 10.9 Å². The Balaban J connectivity index is 1.88. The van der Waals surface area contributed by atoms with Gasteiger partial charge >= 0.3 is 0 Å². The van der Waals surface area contributed by atoms with Gasteiger partial charge in [-0.05, 0) is 29.8 Å². The van der Waals surface area contributed by atoms with Crippen molar-refractivity contribution in [1.29, 1.82) is 0 Å². The second-order valence-electron chi connectivity index (χ2n) is 5.31. The fourth-order valence-corrected chi connectivity index (χ4v) is 2.59. The first-order valence-electron chi connectivity index (χ1n) is 7.27. The second kappa shape index (κ2) is 6.41. The summed E-state index contributed by atoms with van der Waals surface area (Å²) >= 11 is 0. The molecule has 0 aliphatic heterocycles. The molecule has 0 saturated heterocycles. The number of nitrogens with two attached hydrogens (primary N) is 1. The monoisotopic (exact) mass is 325 g/mol. The molecule has 7 nitrogen and oxygen atoms in total. The summed E-state index contributed by atoms with van der Waals surface area (Å²) in [6.07, 6.45) is 1.81. The molecule has 24 heavy (non-hydrogen) atoms. The van der Waals surface area contributed by atoms with Crippen LogP contribution >= 0.6 is 0 Å². The van der Waals surface area contributed by atoms with Crippen LogP contribution in [-0.4, -0.2) is 22.0 Å². The van der Waals surface area contributed by atoms with Crippen molar-refractivity contribution in [3.05, 3.63) is 70.4 Å².